The van der Waals surface area contributed by atoms with E-state index < -0.39 is 0 Å². The largest absolute Gasteiger partial charge is 0.457 e. The van der Waals surface area contributed by atoms with E-state index in [1.807, 2.05) is 30.3 Å². The van der Waals surface area contributed by atoms with Crippen molar-refractivity contribution < 1.29 is 4.74 Å². The van der Waals surface area contributed by atoms with E-state index in [1.54, 1.807) is 12.1 Å². The summed E-state index contributed by atoms with van der Waals surface area (Å²) in [7, 11) is 2.12. The van der Waals surface area contributed by atoms with E-state index in [1.165, 1.54) is 12.8 Å². The SMILES string of the molecule is CCCCN(C)Cc1[nH]nc2ccc(Oc3cccc(C#N)c3)cc12. The first-order valence-electron chi connectivity index (χ1n) is 8.53. The van der Waals surface area contributed by atoms with Gasteiger partial charge in [-0.2, -0.15) is 10.4 Å². The van der Waals surface area contributed by atoms with Crippen LogP contribution in [0.2, 0.25) is 0 Å². The average Bonchev–Trinajstić information content (AvgIpc) is 3.02. The van der Waals surface area contributed by atoms with Gasteiger partial charge in [-0.15, -0.1) is 0 Å². The Balaban J connectivity index is 1.81. The quantitative estimate of drug-likeness (QED) is 0.693. The molecule has 0 radical (unpaired) electrons. The zero-order chi connectivity index (χ0) is 17.6. The van der Waals surface area contributed by atoms with E-state index in [2.05, 4.69) is 35.1 Å². The summed E-state index contributed by atoms with van der Waals surface area (Å²) in [6.07, 6.45) is 2.37. The minimum atomic E-state index is 0.583. The van der Waals surface area contributed by atoms with Gasteiger partial charge in [0, 0.05) is 11.9 Å². The summed E-state index contributed by atoms with van der Waals surface area (Å²) < 4.78 is 5.92. The molecule has 0 saturated carbocycles. The Morgan fingerprint density at radius 3 is 2.84 bits per heavy atom. The molecule has 0 spiro atoms. The molecule has 0 amide bonds. The van der Waals surface area contributed by atoms with Gasteiger partial charge in [-0.3, -0.25) is 5.10 Å². The van der Waals surface area contributed by atoms with Crippen LogP contribution in [0.5, 0.6) is 11.5 Å². The Bertz CT molecular complexity index is 894. The van der Waals surface area contributed by atoms with Crippen LogP contribution in [0.1, 0.15) is 31.0 Å². The lowest BCUT2D eigenvalue weighted by Gasteiger charge is -2.15. The summed E-state index contributed by atoms with van der Waals surface area (Å²) in [5, 5.41) is 17.6. The van der Waals surface area contributed by atoms with Crippen molar-refractivity contribution in [2.75, 3.05) is 13.6 Å². The molecule has 0 saturated heterocycles. The molecule has 0 aliphatic rings. The number of unbranched alkanes of at least 4 members (excludes halogenated alkanes) is 1. The van der Waals surface area contributed by atoms with Gasteiger partial charge < -0.3 is 9.64 Å². The van der Waals surface area contributed by atoms with E-state index in [0.29, 0.717) is 11.3 Å². The monoisotopic (exact) mass is 334 g/mol. The number of hydrogen-bond acceptors (Lipinski definition) is 4. The molecule has 0 fully saturated rings. The smallest absolute Gasteiger partial charge is 0.128 e. The van der Waals surface area contributed by atoms with Crippen molar-refractivity contribution in [1.82, 2.24) is 15.1 Å². The Labute approximate surface area is 147 Å². The molecule has 0 bridgehead atoms. The first kappa shape index (κ1) is 17.0. The molecule has 5 heteroatoms. The molecule has 1 aromatic heterocycles. The molecule has 3 rings (SSSR count). The Morgan fingerprint density at radius 2 is 2.04 bits per heavy atom. The van der Waals surface area contributed by atoms with Crippen LogP contribution in [-0.4, -0.2) is 28.7 Å². The molecule has 2 aromatic carbocycles. The standard InChI is InChI=1S/C20H22N4O/c1-3-4-10-24(2)14-20-18-12-17(8-9-19(18)22-23-20)25-16-7-5-6-15(11-16)13-21/h5-9,11-12H,3-4,10,14H2,1-2H3,(H,22,23). The first-order valence-corrected chi connectivity index (χ1v) is 8.53. The normalized spacial score (nSPS) is 11.0. The van der Waals surface area contributed by atoms with Crippen molar-refractivity contribution in [2.45, 2.75) is 26.3 Å². The maximum atomic E-state index is 9.00. The van der Waals surface area contributed by atoms with Crippen LogP contribution in [0.15, 0.2) is 42.5 Å². The first-order chi connectivity index (χ1) is 12.2. The topological polar surface area (TPSA) is 64.9 Å². The summed E-state index contributed by atoms with van der Waals surface area (Å²) in [5.41, 5.74) is 2.60. The zero-order valence-corrected chi connectivity index (χ0v) is 14.6. The number of rotatable bonds is 7. The molecule has 0 unspecified atom stereocenters. The molecular weight excluding hydrogens is 312 g/mol. The van der Waals surface area contributed by atoms with Crippen LogP contribution >= 0.6 is 0 Å². The van der Waals surface area contributed by atoms with Gasteiger partial charge in [-0.25, -0.2) is 0 Å². The lowest BCUT2D eigenvalue weighted by molar-refractivity contribution is 0.318. The highest BCUT2D eigenvalue weighted by molar-refractivity contribution is 5.82. The summed E-state index contributed by atoms with van der Waals surface area (Å²) in [6, 6.07) is 15.1. The fourth-order valence-electron chi connectivity index (χ4n) is 2.77. The predicted molar refractivity (Wildman–Crippen MR) is 98.6 cm³/mol. The number of nitriles is 1. The van der Waals surface area contributed by atoms with Gasteiger partial charge in [0.05, 0.1) is 22.8 Å². The van der Waals surface area contributed by atoms with Gasteiger partial charge >= 0.3 is 0 Å². The fraction of sp³-hybridized carbons (Fsp3) is 0.300. The number of nitrogens with zero attached hydrogens (tertiary/aromatic N) is 3. The van der Waals surface area contributed by atoms with Gasteiger partial charge in [0.2, 0.25) is 0 Å². The third kappa shape index (κ3) is 4.17. The van der Waals surface area contributed by atoms with E-state index in [9.17, 15) is 0 Å². The van der Waals surface area contributed by atoms with Gasteiger partial charge in [-0.1, -0.05) is 19.4 Å². The van der Waals surface area contributed by atoms with Crippen molar-refractivity contribution in [2.24, 2.45) is 0 Å². The van der Waals surface area contributed by atoms with E-state index >= 15 is 0 Å². The van der Waals surface area contributed by atoms with Crippen LogP contribution in [0.4, 0.5) is 0 Å². The predicted octanol–water partition coefficient (Wildman–Crippen LogP) is 4.46. The maximum absolute atomic E-state index is 9.00. The number of aromatic nitrogens is 2. The van der Waals surface area contributed by atoms with Gasteiger partial charge in [0.15, 0.2) is 0 Å². The highest BCUT2D eigenvalue weighted by Crippen LogP contribution is 2.27. The minimum Gasteiger partial charge on any atom is -0.457 e. The molecule has 0 atom stereocenters. The molecule has 25 heavy (non-hydrogen) atoms. The number of aromatic amines is 1. The lowest BCUT2D eigenvalue weighted by Crippen LogP contribution is -2.19. The number of hydrogen-bond donors (Lipinski definition) is 1. The Hall–Kier alpha value is -2.84. The molecule has 5 nitrogen and oxygen atoms in total. The van der Waals surface area contributed by atoms with Crippen LogP contribution in [0.25, 0.3) is 10.9 Å². The highest BCUT2D eigenvalue weighted by Gasteiger charge is 2.10. The van der Waals surface area contributed by atoms with Gasteiger partial charge in [0.25, 0.3) is 0 Å². The number of benzene rings is 2. The third-order valence-electron chi connectivity index (χ3n) is 4.12. The number of nitrogens with one attached hydrogen (secondary N) is 1. The highest BCUT2D eigenvalue weighted by atomic mass is 16.5. The molecule has 0 aliphatic carbocycles. The molecule has 1 N–H and O–H groups in total. The van der Waals surface area contributed by atoms with Crippen molar-refractivity contribution in [3.63, 3.8) is 0 Å². The third-order valence-corrected chi connectivity index (χ3v) is 4.12. The van der Waals surface area contributed by atoms with Gasteiger partial charge in [0.1, 0.15) is 11.5 Å². The Kier molecular flexibility index (Phi) is 5.32. The number of ether oxygens (including phenoxy) is 1. The van der Waals surface area contributed by atoms with Crippen molar-refractivity contribution in [3.8, 4) is 17.6 Å². The minimum absolute atomic E-state index is 0.583. The second-order valence-electron chi connectivity index (χ2n) is 6.21. The van der Waals surface area contributed by atoms with Gasteiger partial charge in [-0.05, 0) is 56.4 Å². The van der Waals surface area contributed by atoms with E-state index in [0.717, 1.165) is 35.4 Å². The maximum Gasteiger partial charge on any atom is 0.128 e. The van der Waals surface area contributed by atoms with Crippen LogP contribution in [-0.2, 0) is 6.54 Å². The molecular formula is C20H22N4O. The van der Waals surface area contributed by atoms with Crippen molar-refractivity contribution >= 4 is 10.9 Å². The summed E-state index contributed by atoms with van der Waals surface area (Å²) in [4.78, 5) is 2.29. The van der Waals surface area contributed by atoms with Crippen LogP contribution in [0.3, 0.4) is 0 Å². The molecule has 1 heterocycles. The fourth-order valence-corrected chi connectivity index (χ4v) is 2.77. The molecule has 3 aromatic rings. The lowest BCUT2D eigenvalue weighted by atomic mass is 10.2. The van der Waals surface area contributed by atoms with Crippen molar-refractivity contribution in [3.05, 3.63) is 53.7 Å². The average molecular weight is 334 g/mol. The zero-order valence-electron chi connectivity index (χ0n) is 14.6. The van der Waals surface area contributed by atoms with Crippen LogP contribution < -0.4 is 4.74 Å². The molecule has 0 aliphatic heterocycles. The number of fused-ring (bicyclic) bond motifs is 1. The van der Waals surface area contributed by atoms with E-state index in [-0.39, 0.29) is 0 Å². The summed E-state index contributed by atoms with van der Waals surface area (Å²) >= 11 is 0. The Morgan fingerprint density at radius 1 is 1.20 bits per heavy atom. The van der Waals surface area contributed by atoms with Crippen molar-refractivity contribution in [1.29, 1.82) is 5.26 Å². The number of H-pyrrole nitrogens is 1. The second-order valence-corrected chi connectivity index (χ2v) is 6.21. The summed E-state index contributed by atoms with van der Waals surface area (Å²) in [6.45, 7) is 4.09. The second kappa shape index (κ2) is 7.82. The molecule has 128 valence electrons. The summed E-state index contributed by atoms with van der Waals surface area (Å²) in [5.74, 6) is 1.39. The van der Waals surface area contributed by atoms with E-state index in [4.69, 9.17) is 10.00 Å². The van der Waals surface area contributed by atoms with Crippen LogP contribution in [0, 0.1) is 11.3 Å².